The summed E-state index contributed by atoms with van der Waals surface area (Å²) in [5, 5.41) is 3.42. The van der Waals surface area contributed by atoms with Gasteiger partial charge in [0, 0.05) is 30.7 Å². The topological polar surface area (TPSA) is 28.4 Å². The Morgan fingerprint density at radius 2 is 1.84 bits per heavy atom. The lowest BCUT2D eigenvalue weighted by molar-refractivity contribution is 0.187. The van der Waals surface area contributed by atoms with Crippen molar-refractivity contribution < 1.29 is 4.42 Å². The third-order valence-electron chi connectivity index (χ3n) is 3.21. The Hall–Kier alpha value is -0.800. The van der Waals surface area contributed by atoms with E-state index in [-0.39, 0.29) is 0 Å². The highest BCUT2D eigenvalue weighted by Crippen LogP contribution is 2.16. The van der Waals surface area contributed by atoms with Gasteiger partial charge in [0.25, 0.3) is 0 Å². The molecule has 3 nitrogen and oxygen atoms in total. The molecule has 0 bridgehead atoms. The zero-order valence-electron chi connectivity index (χ0n) is 13.4. The number of hydrogen-bond acceptors (Lipinski definition) is 3. The Morgan fingerprint density at radius 1 is 1.16 bits per heavy atom. The molecule has 0 saturated carbocycles. The van der Waals surface area contributed by atoms with Crippen LogP contribution in [0.15, 0.2) is 16.7 Å². The van der Waals surface area contributed by atoms with Gasteiger partial charge in [-0.25, -0.2) is 0 Å². The van der Waals surface area contributed by atoms with Gasteiger partial charge < -0.3 is 9.73 Å². The van der Waals surface area contributed by atoms with Gasteiger partial charge in [0.1, 0.15) is 5.76 Å². The minimum Gasteiger partial charge on any atom is -0.468 e. The maximum Gasteiger partial charge on any atom is 0.122 e. The lowest BCUT2D eigenvalue weighted by Gasteiger charge is -2.28. The van der Waals surface area contributed by atoms with Crippen molar-refractivity contribution in [2.75, 3.05) is 6.54 Å². The van der Waals surface area contributed by atoms with Crippen molar-refractivity contribution in [2.45, 2.75) is 66.7 Å². The zero-order valence-corrected chi connectivity index (χ0v) is 13.4. The molecule has 0 unspecified atom stereocenters. The summed E-state index contributed by atoms with van der Waals surface area (Å²) in [4.78, 5) is 2.51. The number of nitrogens with one attached hydrogen (secondary N) is 1. The SMILES string of the molecule is CC(C)CN(Cc1ccoc1CNC(C)C)C(C)C. The van der Waals surface area contributed by atoms with Gasteiger partial charge in [-0.15, -0.1) is 0 Å². The van der Waals surface area contributed by atoms with Gasteiger partial charge in [-0.1, -0.05) is 27.7 Å². The molecule has 1 heterocycles. The summed E-state index contributed by atoms with van der Waals surface area (Å²) in [7, 11) is 0. The predicted octanol–water partition coefficient (Wildman–Crippen LogP) is 3.64. The van der Waals surface area contributed by atoms with E-state index in [4.69, 9.17) is 4.42 Å². The van der Waals surface area contributed by atoms with Crippen LogP contribution in [0.1, 0.15) is 52.9 Å². The zero-order chi connectivity index (χ0) is 14.4. The van der Waals surface area contributed by atoms with E-state index in [0.29, 0.717) is 18.0 Å². The molecule has 0 aliphatic carbocycles. The van der Waals surface area contributed by atoms with E-state index in [1.165, 1.54) is 5.56 Å². The molecule has 0 saturated heterocycles. The van der Waals surface area contributed by atoms with E-state index in [2.05, 4.69) is 57.8 Å². The third-order valence-corrected chi connectivity index (χ3v) is 3.21. The molecule has 1 rings (SSSR count). The van der Waals surface area contributed by atoms with Crippen LogP contribution >= 0.6 is 0 Å². The molecular weight excluding hydrogens is 236 g/mol. The van der Waals surface area contributed by atoms with Crippen molar-refractivity contribution in [3.05, 3.63) is 23.7 Å². The molecule has 0 amide bonds. The predicted molar refractivity (Wildman–Crippen MR) is 81.1 cm³/mol. The maximum atomic E-state index is 5.61. The summed E-state index contributed by atoms with van der Waals surface area (Å²) in [6.45, 7) is 16.3. The van der Waals surface area contributed by atoms with Crippen molar-refractivity contribution in [2.24, 2.45) is 5.92 Å². The second-order valence-corrected chi connectivity index (χ2v) is 6.32. The van der Waals surface area contributed by atoms with Gasteiger partial charge in [0.15, 0.2) is 0 Å². The maximum absolute atomic E-state index is 5.61. The third kappa shape index (κ3) is 5.79. The van der Waals surface area contributed by atoms with Crippen molar-refractivity contribution in [1.29, 1.82) is 0 Å². The van der Waals surface area contributed by atoms with Crippen molar-refractivity contribution in [1.82, 2.24) is 10.2 Å². The Labute approximate surface area is 118 Å². The summed E-state index contributed by atoms with van der Waals surface area (Å²) < 4.78 is 5.61. The van der Waals surface area contributed by atoms with E-state index in [1.807, 2.05) is 0 Å². The standard InChI is InChI=1S/C16H30N2O/c1-12(2)10-18(14(5)6)11-15-7-8-19-16(15)9-17-13(3)4/h7-8,12-14,17H,9-11H2,1-6H3. The van der Waals surface area contributed by atoms with E-state index in [0.717, 1.165) is 25.4 Å². The molecule has 0 spiro atoms. The molecule has 0 aliphatic heterocycles. The molecule has 0 radical (unpaired) electrons. The molecule has 0 fully saturated rings. The monoisotopic (exact) mass is 266 g/mol. The molecule has 1 aromatic rings. The van der Waals surface area contributed by atoms with Gasteiger partial charge >= 0.3 is 0 Å². The van der Waals surface area contributed by atoms with Crippen molar-refractivity contribution in [3.63, 3.8) is 0 Å². The molecule has 0 atom stereocenters. The summed E-state index contributed by atoms with van der Waals surface area (Å²) in [5.41, 5.74) is 1.31. The van der Waals surface area contributed by atoms with Crippen LogP contribution in [0.4, 0.5) is 0 Å². The fourth-order valence-electron chi connectivity index (χ4n) is 2.11. The lowest BCUT2D eigenvalue weighted by Crippen LogP contribution is -2.34. The lowest BCUT2D eigenvalue weighted by atomic mass is 10.1. The molecule has 19 heavy (non-hydrogen) atoms. The van der Waals surface area contributed by atoms with E-state index >= 15 is 0 Å². The van der Waals surface area contributed by atoms with E-state index in [1.54, 1.807) is 6.26 Å². The van der Waals surface area contributed by atoms with Crippen LogP contribution in [-0.4, -0.2) is 23.5 Å². The smallest absolute Gasteiger partial charge is 0.122 e. The first-order valence-corrected chi connectivity index (χ1v) is 7.42. The van der Waals surface area contributed by atoms with Crippen LogP contribution in [0.5, 0.6) is 0 Å². The second kappa shape index (κ2) is 7.71. The average Bonchev–Trinajstić information content (AvgIpc) is 2.72. The quantitative estimate of drug-likeness (QED) is 0.778. The van der Waals surface area contributed by atoms with E-state index < -0.39 is 0 Å². The molecule has 110 valence electrons. The Bertz CT molecular complexity index is 355. The molecule has 1 aromatic heterocycles. The summed E-state index contributed by atoms with van der Waals surface area (Å²) in [5.74, 6) is 1.76. The average molecular weight is 266 g/mol. The van der Waals surface area contributed by atoms with Crippen LogP contribution in [0.25, 0.3) is 0 Å². The Morgan fingerprint density at radius 3 is 2.37 bits per heavy atom. The van der Waals surface area contributed by atoms with Gasteiger partial charge in [-0.05, 0) is 25.8 Å². The molecule has 0 aliphatic rings. The highest BCUT2D eigenvalue weighted by Gasteiger charge is 2.15. The largest absolute Gasteiger partial charge is 0.468 e. The Kier molecular flexibility index (Phi) is 6.59. The van der Waals surface area contributed by atoms with Crippen LogP contribution in [-0.2, 0) is 13.1 Å². The van der Waals surface area contributed by atoms with Gasteiger partial charge in [-0.3, -0.25) is 4.90 Å². The van der Waals surface area contributed by atoms with Crippen LogP contribution in [0, 0.1) is 5.92 Å². The number of rotatable bonds is 8. The Balaban J connectivity index is 2.66. The summed E-state index contributed by atoms with van der Waals surface area (Å²) in [6.07, 6.45) is 1.81. The van der Waals surface area contributed by atoms with Gasteiger partial charge in [0.2, 0.25) is 0 Å². The fourth-order valence-corrected chi connectivity index (χ4v) is 2.11. The van der Waals surface area contributed by atoms with Crippen LogP contribution in [0.2, 0.25) is 0 Å². The highest BCUT2D eigenvalue weighted by molar-refractivity contribution is 5.17. The first-order chi connectivity index (χ1) is 8.90. The minimum absolute atomic E-state index is 0.481. The van der Waals surface area contributed by atoms with Gasteiger partial charge in [-0.2, -0.15) is 0 Å². The van der Waals surface area contributed by atoms with Crippen molar-refractivity contribution in [3.8, 4) is 0 Å². The molecule has 1 N–H and O–H groups in total. The molecule has 0 aromatic carbocycles. The second-order valence-electron chi connectivity index (χ2n) is 6.32. The molecule has 3 heteroatoms. The first kappa shape index (κ1) is 16.3. The summed E-state index contributed by atoms with van der Waals surface area (Å²) >= 11 is 0. The highest BCUT2D eigenvalue weighted by atomic mass is 16.3. The normalized spacial score (nSPS) is 12.3. The number of furan rings is 1. The van der Waals surface area contributed by atoms with E-state index in [9.17, 15) is 0 Å². The number of hydrogen-bond donors (Lipinski definition) is 1. The summed E-state index contributed by atoms with van der Waals surface area (Å²) in [6, 6.07) is 3.14. The minimum atomic E-state index is 0.481. The van der Waals surface area contributed by atoms with Crippen molar-refractivity contribution >= 4 is 0 Å². The van der Waals surface area contributed by atoms with Gasteiger partial charge in [0.05, 0.1) is 12.8 Å². The first-order valence-electron chi connectivity index (χ1n) is 7.42. The van der Waals surface area contributed by atoms with Crippen LogP contribution < -0.4 is 5.32 Å². The number of nitrogens with zero attached hydrogens (tertiary/aromatic N) is 1. The molecular formula is C16H30N2O. The fraction of sp³-hybridized carbons (Fsp3) is 0.750. The van der Waals surface area contributed by atoms with Crippen LogP contribution in [0.3, 0.4) is 0 Å².